The van der Waals surface area contributed by atoms with E-state index in [0.717, 1.165) is 24.3 Å². The van der Waals surface area contributed by atoms with Crippen LogP contribution in [0.2, 0.25) is 0 Å². The Morgan fingerprint density at radius 1 is 0.364 bits per heavy atom. The molecular weight excluding hydrogens is 620 g/mol. The molecule has 9 rings (SSSR count). The summed E-state index contributed by atoms with van der Waals surface area (Å²) in [6.45, 7) is 0. The predicted octanol–water partition coefficient (Wildman–Crippen LogP) is 9.12. The van der Waals surface area contributed by atoms with Crippen LogP contribution in [0.1, 0.15) is 68.2 Å². The van der Waals surface area contributed by atoms with Gasteiger partial charge in [0.15, 0.2) is 0 Å². The molecule has 0 saturated heterocycles. The minimum atomic E-state index is -5.66. The van der Waals surface area contributed by atoms with Crippen LogP contribution in [0.4, 0.5) is 52.7 Å². The molecule has 0 spiro atoms. The summed E-state index contributed by atoms with van der Waals surface area (Å²) in [5.74, 6) is -12.4. The molecule has 0 amide bonds. The zero-order chi connectivity index (χ0) is 32.0. The number of rotatable bonds is 0. The molecule has 3 aromatic rings. The van der Waals surface area contributed by atoms with Gasteiger partial charge in [-0.05, 0) is 22.3 Å². The van der Waals surface area contributed by atoms with E-state index in [4.69, 9.17) is 0 Å². The van der Waals surface area contributed by atoms with Gasteiger partial charge in [-0.1, -0.05) is 48.5 Å². The SMILES string of the molecule is Oc1c2c(c(O)c3c1C1C(C(F)(F)F)=C(C(F)(F)F)[C@H]3c3ccccc31)[C@H]1C(C(F)(F)F)=C(C(F)(F)F)C2c2ccccc21. The van der Waals surface area contributed by atoms with Crippen molar-refractivity contribution in [2.45, 2.75) is 48.4 Å². The molecule has 44 heavy (non-hydrogen) atoms. The zero-order valence-corrected chi connectivity index (χ0v) is 21.4. The highest BCUT2D eigenvalue weighted by atomic mass is 19.4. The summed E-state index contributed by atoms with van der Waals surface area (Å²) >= 11 is 0. The van der Waals surface area contributed by atoms with Crippen LogP contribution in [0.5, 0.6) is 11.5 Å². The maximum absolute atomic E-state index is 14.5. The lowest BCUT2D eigenvalue weighted by molar-refractivity contribution is -0.122. The van der Waals surface area contributed by atoms with Crippen molar-refractivity contribution in [2.75, 3.05) is 0 Å². The summed E-state index contributed by atoms with van der Waals surface area (Å²) in [6, 6.07) is 9.12. The van der Waals surface area contributed by atoms with Crippen LogP contribution in [-0.2, 0) is 0 Å². The van der Waals surface area contributed by atoms with Crippen molar-refractivity contribution in [3.63, 3.8) is 0 Å². The van der Waals surface area contributed by atoms with Crippen LogP contribution in [0, 0.1) is 0 Å². The van der Waals surface area contributed by atoms with Gasteiger partial charge in [-0.25, -0.2) is 0 Å². The smallest absolute Gasteiger partial charge is 0.413 e. The Balaban J connectivity index is 1.66. The van der Waals surface area contributed by atoms with E-state index in [9.17, 15) is 62.9 Å². The lowest BCUT2D eigenvalue weighted by atomic mass is 9.55. The van der Waals surface area contributed by atoms with Crippen molar-refractivity contribution < 1.29 is 62.9 Å². The van der Waals surface area contributed by atoms with Crippen molar-refractivity contribution >= 4 is 0 Å². The van der Waals surface area contributed by atoms with Crippen LogP contribution in [0.15, 0.2) is 70.8 Å². The number of phenolic OH excluding ortho intramolecular Hbond substituents is 2. The number of alkyl halides is 12. The summed E-state index contributed by atoms with van der Waals surface area (Å²) in [4.78, 5) is 0. The largest absolute Gasteiger partial charge is 0.507 e. The first kappa shape index (κ1) is 28.7. The number of benzene rings is 3. The van der Waals surface area contributed by atoms with Crippen molar-refractivity contribution in [3.8, 4) is 11.5 Å². The number of hydrogen-bond donors (Lipinski definition) is 2. The van der Waals surface area contributed by atoms with Gasteiger partial charge in [-0.2, -0.15) is 52.7 Å². The van der Waals surface area contributed by atoms with Crippen molar-refractivity contribution in [2.24, 2.45) is 0 Å². The molecule has 2 unspecified atom stereocenters. The van der Waals surface area contributed by atoms with Crippen LogP contribution < -0.4 is 0 Å². The van der Waals surface area contributed by atoms with Gasteiger partial charge < -0.3 is 10.2 Å². The maximum Gasteiger partial charge on any atom is 0.413 e. The second-order valence-electron chi connectivity index (χ2n) is 11.0. The molecular formula is C30H14F12O2. The van der Waals surface area contributed by atoms with E-state index in [1.165, 1.54) is 24.3 Å². The highest BCUT2D eigenvalue weighted by Crippen LogP contribution is 2.71. The van der Waals surface area contributed by atoms with Gasteiger partial charge >= 0.3 is 24.7 Å². The second-order valence-corrected chi connectivity index (χ2v) is 11.0. The van der Waals surface area contributed by atoms with Crippen LogP contribution in [0.3, 0.4) is 0 Å². The summed E-state index contributed by atoms with van der Waals surface area (Å²) < 4.78 is 174. The molecule has 2 nitrogen and oxygen atoms in total. The Morgan fingerprint density at radius 3 is 0.705 bits per heavy atom. The standard InChI is InChI=1S/C30H14F12O2/c31-27(32,33)21-13-9-5-1-2-6-10(9)14(22(21)28(34,35)36)18-17(13)25(43)19-15-11-7-3-4-8-12(11)16(20(19)26(18)44)24(30(40,41)42)23(15)29(37,38)39/h1-8,13-16,43-44H/t13-,14?,15-,16?/m0/s1. The number of halogens is 12. The third-order valence-corrected chi connectivity index (χ3v) is 8.95. The monoisotopic (exact) mass is 634 g/mol. The summed E-state index contributed by atoms with van der Waals surface area (Å²) in [5, 5.41) is 23.2. The molecule has 4 bridgehead atoms. The lowest BCUT2D eigenvalue weighted by Gasteiger charge is -2.49. The average molecular weight is 634 g/mol. The molecule has 4 atom stereocenters. The fraction of sp³-hybridized carbons (Fsp3) is 0.267. The van der Waals surface area contributed by atoms with Gasteiger partial charge in [0.25, 0.3) is 0 Å². The Morgan fingerprint density at radius 2 is 0.545 bits per heavy atom. The van der Waals surface area contributed by atoms with E-state index in [1.807, 2.05) is 0 Å². The molecule has 0 aromatic heterocycles. The van der Waals surface area contributed by atoms with E-state index < -0.39 is 104 Å². The molecule has 0 fully saturated rings. The topological polar surface area (TPSA) is 40.5 Å². The quantitative estimate of drug-likeness (QED) is 0.147. The van der Waals surface area contributed by atoms with E-state index >= 15 is 0 Å². The first-order valence-electron chi connectivity index (χ1n) is 12.8. The fourth-order valence-electron chi connectivity index (χ4n) is 7.75. The van der Waals surface area contributed by atoms with Gasteiger partial charge in [0.1, 0.15) is 11.5 Å². The van der Waals surface area contributed by atoms with E-state index in [2.05, 4.69) is 0 Å². The van der Waals surface area contributed by atoms with Gasteiger partial charge in [-0.15, -0.1) is 0 Å². The number of allylic oxidation sites excluding steroid dienone is 4. The number of aromatic hydroxyl groups is 2. The van der Waals surface area contributed by atoms with E-state index in [-0.39, 0.29) is 22.3 Å². The summed E-state index contributed by atoms with van der Waals surface area (Å²) in [5.41, 5.74) is -13.6. The fourth-order valence-corrected chi connectivity index (χ4v) is 7.75. The molecule has 0 aliphatic heterocycles. The number of phenols is 2. The van der Waals surface area contributed by atoms with Crippen molar-refractivity contribution in [1.29, 1.82) is 0 Å². The highest BCUT2D eigenvalue weighted by molar-refractivity contribution is 5.81. The molecule has 0 radical (unpaired) electrons. The Hall–Kier alpha value is -4.10. The molecule has 14 heteroatoms. The third kappa shape index (κ3) is 3.47. The van der Waals surface area contributed by atoms with Gasteiger partial charge in [0.2, 0.25) is 0 Å². The van der Waals surface area contributed by atoms with Crippen molar-refractivity contribution in [1.82, 2.24) is 0 Å². The number of hydrogen-bond acceptors (Lipinski definition) is 2. The minimum absolute atomic E-state index is 0.344. The molecule has 230 valence electrons. The molecule has 2 N–H and O–H groups in total. The third-order valence-electron chi connectivity index (χ3n) is 8.95. The molecule has 3 aromatic carbocycles. The lowest BCUT2D eigenvalue weighted by Crippen LogP contribution is -2.41. The molecule has 6 aliphatic carbocycles. The molecule has 6 aliphatic rings. The van der Waals surface area contributed by atoms with Crippen molar-refractivity contribution in [3.05, 3.63) is 115 Å². The second kappa shape index (κ2) is 8.33. The summed E-state index contributed by atoms with van der Waals surface area (Å²) in [6.07, 6.45) is -22.7. The minimum Gasteiger partial charge on any atom is -0.507 e. The Labute approximate surface area is 238 Å². The average Bonchev–Trinajstić information content (AvgIpc) is 2.92. The van der Waals surface area contributed by atoms with Crippen LogP contribution in [0.25, 0.3) is 0 Å². The molecule has 0 saturated carbocycles. The highest BCUT2D eigenvalue weighted by Gasteiger charge is 2.64. The first-order valence-corrected chi connectivity index (χ1v) is 12.8. The van der Waals surface area contributed by atoms with E-state index in [1.54, 1.807) is 0 Å². The Kier molecular flexibility index (Phi) is 5.43. The predicted molar refractivity (Wildman–Crippen MR) is 128 cm³/mol. The van der Waals surface area contributed by atoms with Crippen LogP contribution >= 0.6 is 0 Å². The molecule has 0 heterocycles. The van der Waals surface area contributed by atoms with Gasteiger partial charge in [0, 0.05) is 45.9 Å². The van der Waals surface area contributed by atoms with Gasteiger partial charge in [-0.3, -0.25) is 0 Å². The van der Waals surface area contributed by atoms with E-state index in [0.29, 0.717) is 0 Å². The maximum atomic E-state index is 14.5. The van der Waals surface area contributed by atoms with Crippen LogP contribution in [-0.4, -0.2) is 34.9 Å². The zero-order valence-electron chi connectivity index (χ0n) is 21.4. The van der Waals surface area contributed by atoms with Gasteiger partial charge in [0.05, 0.1) is 22.3 Å². The Bertz CT molecular complexity index is 1590. The normalized spacial score (nSPS) is 23.9. The first-order chi connectivity index (χ1) is 20.3. The summed E-state index contributed by atoms with van der Waals surface area (Å²) in [7, 11) is 0.